The summed E-state index contributed by atoms with van der Waals surface area (Å²) in [6, 6.07) is 0. The van der Waals surface area contributed by atoms with Gasteiger partial charge in [-0.1, -0.05) is 13.8 Å². The molecule has 3 unspecified atom stereocenters. The van der Waals surface area contributed by atoms with Crippen molar-refractivity contribution in [1.82, 2.24) is 4.72 Å². The molecule has 0 aromatic rings. The van der Waals surface area contributed by atoms with Crippen LogP contribution in [0.4, 0.5) is 4.39 Å². The first-order chi connectivity index (χ1) is 10.9. The van der Waals surface area contributed by atoms with E-state index in [4.69, 9.17) is 0 Å². The molecule has 0 saturated heterocycles. The molecule has 0 radical (unpaired) electrons. The number of alkyl halides is 1. The molecule has 2 fully saturated rings. The molecule has 0 amide bonds. The molecular weight excluding hydrogens is 373 g/mol. The van der Waals surface area contributed by atoms with Crippen molar-refractivity contribution in [2.45, 2.75) is 64.4 Å². The Morgan fingerprint density at radius 3 is 2.12 bits per heavy atom. The summed E-state index contributed by atoms with van der Waals surface area (Å²) < 4.78 is 71.6. The lowest BCUT2D eigenvalue weighted by atomic mass is 9.70. The third kappa shape index (κ3) is 2.94. The van der Waals surface area contributed by atoms with Gasteiger partial charge in [0.1, 0.15) is 10.5 Å². The van der Waals surface area contributed by atoms with Gasteiger partial charge in [-0.25, -0.2) is 12.8 Å². The molecule has 0 aromatic heterocycles. The summed E-state index contributed by atoms with van der Waals surface area (Å²) in [6.07, 6.45) is 1.46. The second-order valence-electron chi connectivity index (χ2n) is 8.52. The molecular formula is C15H26FNO6S2. The van der Waals surface area contributed by atoms with Crippen molar-refractivity contribution in [3.63, 3.8) is 0 Å². The molecule has 146 valence electrons. The van der Waals surface area contributed by atoms with E-state index in [1.165, 1.54) is 0 Å². The van der Waals surface area contributed by atoms with Crippen LogP contribution in [0.25, 0.3) is 0 Å². The van der Waals surface area contributed by atoms with Gasteiger partial charge < -0.3 is 0 Å². The van der Waals surface area contributed by atoms with Crippen LogP contribution in [0.3, 0.4) is 0 Å². The van der Waals surface area contributed by atoms with Gasteiger partial charge in [0.2, 0.25) is 10.0 Å². The first-order valence-electron chi connectivity index (χ1n) is 8.11. The quantitative estimate of drug-likeness (QED) is 0.518. The molecule has 2 rings (SSSR count). The number of rotatable bonds is 6. The molecule has 2 saturated carbocycles. The van der Waals surface area contributed by atoms with E-state index in [0.717, 1.165) is 27.2 Å². The zero-order chi connectivity index (χ0) is 19.7. The van der Waals surface area contributed by atoms with Crippen LogP contribution in [-0.4, -0.2) is 43.5 Å². The SMILES string of the molecule is CC(F)(NS(=O)(=O)CC12CCC(CC1=O)C2(C)C)C(C)(C)S(=O)(=O)O. The molecule has 2 aliphatic carbocycles. The van der Waals surface area contributed by atoms with Gasteiger partial charge in [-0.2, -0.15) is 13.1 Å². The number of sulfonamides is 1. The standard InChI is InChI=1S/C15H26FNO6S2/c1-12(2)10-6-7-15(12,11(18)8-10)9-24(19,20)17-14(5,16)13(3,4)25(21,22)23/h10,17H,6-9H2,1-5H3,(H,21,22,23). The highest BCUT2D eigenvalue weighted by molar-refractivity contribution is 7.90. The molecule has 7 nitrogen and oxygen atoms in total. The van der Waals surface area contributed by atoms with E-state index in [1.807, 2.05) is 13.8 Å². The average molecular weight is 400 g/mol. The Bertz CT molecular complexity index is 800. The van der Waals surface area contributed by atoms with Crippen LogP contribution >= 0.6 is 0 Å². The van der Waals surface area contributed by atoms with E-state index >= 15 is 0 Å². The van der Waals surface area contributed by atoms with Crippen LogP contribution in [0.5, 0.6) is 0 Å². The van der Waals surface area contributed by atoms with Crippen LogP contribution in [0.15, 0.2) is 0 Å². The summed E-state index contributed by atoms with van der Waals surface area (Å²) in [7, 11) is -9.21. The molecule has 2 bridgehead atoms. The summed E-state index contributed by atoms with van der Waals surface area (Å²) in [5.41, 5.74) is -1.62. The van der Waals surface area contributed by atoms with Crippen molar-refractivity contribution in [3.05, 3.63) is 0 Å². The number of halogens is 1. The maximum absolute atomic E-state index is 14.9. The molecule has 10 heteroatoms. The van der Waals surface area contributed by atoms with Gasteiger partial charge in [-0.05, 0) is 44.9 Å². The van der Waals surface area contributed by atoms with E-state index in [2.05, 4.69) is 0 Å². The summed E-state index contributed by atoms with van der Waals surface area (Å²) in [6.45, 7) is 6.22. The Morgan fingerprint density at radius 2 is 1.76 bits per heavy atom. The fourth-order valence-corrected chi connectivity index (χ4v) is 6.96. The van der Waals surface area contributed by atoms with E-state index in [0.29, 0.717) is 12.8 Å². The molecule has 25 heavy (non-hydrogen) atoms. The van der Waals surface area contributed by atoms with E-state index in [1.54, 1.807) is 4.72 Å². The van der Waals surface area contributed by atoms with E-state index in [-0.39, 0.29) is 11.7 Å². The number of carbonyl (C=O) groups excluding carboxylic acids is 1. The largest absolute Gasteiger partial charge is 0.299 e. The molecule has 0 aliphatic heterocycles. The lowest BCUT2D eigenvalue weighted by Crippen LogP contribution is -2.61. The molecule has 0 heterocycles. The highest BCUT2D eigenvalue weighted by Gasteiger charge is 2.66. The van der Waals surface area contributed by atoms with Gasteiger partial charge in [0, 0.05) is 11.8 Å². The number of hydrogen-bond donors (Lipinski definition) is 2. The van der Waals surface area contributed by atoms with Crippen molar-refractivity contribution in [1.29, 1.82) is 0 Å². The van der Waals surface area contributed by atoms with Crippen molar-refractivity contribution in [3.8, 4) is 0 Å². The van der Waals surface area contributed by atoms with Crippen LogP contribution in [-0.2, 0) is 24.9 Å². The Morgan fingerprint density at radius 1 is 1.24 bits per heavy atom. The summed E-state index contributed by atoms with van der Waals surface area (Å²) >= 11 is 0. The van der Waals surface area contributed by atoms with Crippen molar-refractivity contribution in [2.24, 2.45) is 16.7 Å². The zero-order valence-electron chi connectivity index (χ0n) is 15.1. The minimum Gasteiger partial charge on any atom is -0.299 e. The Kier molecular flexibility index (Phi) is 4.53. The van der Waals surface area contributed by atoms with Gasteiger partial charge in [-0.3, -0.25) is 9.35 Å². The van der Waals surface area contributed by atoms with Gasteiger partial charge in [0.15, 0.2) is 5.79 Å². The summed E-state index contributed by atoms with van der Waals surface area (Å²) in [4.78, 5) is 12.5. The number of fused-ring (bicyclic) bond motifs is 2. The molecule has 2 aliphatic rings. The number of nitrogens with one attached hydrogen (secondary N) is 1. The van der Waals surface area contributed by atoms with Crippen molar-refractivity contribution in [2.75, 3.05) is 5.75 Å². The van der Waals surface area contributed by atoms with Crippen LogP contribution in [0.2, 0.25) is 0 Å². The third-order valence-electron chi connectivity index (χ3n) is 6.70. The first-order valence-corrected chi connectivity index (χ1v) is 11.2. The number of ketones is 1. The predicted octanol–water partition coefficient (Wildman–Crippen LogP) is 1.65. The van der Waals surface area contributed by atoms with Gasteiger partial charge in [-0.15, -0.1) is 0 Å². The van der Waals surface area contributed by atoms with E-state index < -0.39 is 47.3 Å². The first kappa shape index (κ1) is 20.7. The van der Waals surface area contributed by atoms with Crippen molar-refractivity contribution >= 4 is 25.9 Å². The average Bonchev–Trinajstić information content (AvgIpc) is 2.69. The van der Waals surface area contributed by atoms with Gasteiger partial charge >= 0.3 is 0 Å². The Balaban J connectivity index is 2.34. The number of carbonyl (C=O) groups is 1. The number of hydrogen-bond acceptors (Lipinski definition) is 5. The van der Waals surface area contributed by atoms with Crippen LogP contribution < -0.4 is 4.72 Å². The van der Waals surface area contributed by atoms with Crippen LogP contribution in [0.1, 0.15) is 53.9 Å². The monoisotopic (exact) mass is 399 g/mol. The maximum atomic E-state index is 14.9. The zero-order valence-corrected chi connectivity index (χ0v) is 16.7. The fourth-order valence-electron chi connectivity index (χ4n) is 4.13. The lowest BCUT2D eigenvalue weighted by molar-refractivity contribution is -0.128. The minimum absolute atomic E-state index is 0.0984. The Hall–Kier alpha value is -0.580. The second-order valence-corrected chi connectivity index (χ2v) is 12.2. The third-order valence-corrected chi connectivity index (χ3v) is 9.94. The van der Waals surface area contributed by atoms with Gasteiger partial charge in [0.05, 0.1) is 5.75 Å². The molecule has 0 aromatic carbocycles. The highest BCUT2D eigenvalue weighted by Crippen LogP contribution is 2.64. The van der Waals surface area contributed by atoms with E-state index in [9.17, 15) is 30.6 Å². The summed E-state index contributed by atoms with van der Waals surface area (Å²) in [5, 5.41) is 0. The lowest BCUT2D eigenvalue weighted by Gasteiger charge is -2.39. The predicted molar refractivity (Wildman–Crippen MR) is 90.6 cm³/mol. The molecule has 3 atom stereocenters. The summed E-state index contributed by atoms with van der Waals surface area (Å²) in [5.74, 6) is -3.60. The van der Waals surface area contributed by atoms with Crippen LogP contribution in [0, 0.1) is 16.7 Å². The Labute approximate surface area is 148 Å². The molecule has 2 N–H and O–H groups in total. The highest BCUT2D eigenvalue weighted by atomic mass is 32.2. The number of Topliss-reactive ketones (excluding diaryl/α,β-unsaturated/α-hetero) is 1. The molecule has 0 spiro atoms. The topological polar surface area (TPSA) is 118 Å². The smallest absolute Gasteiger partial charge is 0.274 e. The van der Waals surface area contributed by atoms with Crippen molar-refractivity contribution < 1.29 is 30.6 Å². The van der Waals surface area contributed by atoms with Gasteiger partial charge in [0.25, 0.3) is 10.1 Å². The maximum Gasteiger partial charge on any atom is 0.274 e. The fraction of sp³-hybridized carbons (Fsp3) is 0.933. The normalized spacial score (nSPS) is 32.0. The minimum atomic E-state index is -4.87. The second kappa shape index (κ2) is 5.46.